The monoisotopic (exact) mass is 259 g/mol. The highest BCUT2D eigenvalue weighted by molar-refractivity contribution is 5.92. The van der Waals surface area contributed by atoms with Gasteiger partial charge in [-0.1, -0.05) is 20.3 Å². The van der Waals surface area contributed by atoms with Crippen molar-refractivity contribution in [2.24, 2.45) is 5.92 Å². The van der Waals surface area contributed by atoms with E-state index < -0.39 is 0 Å². The fourth-order valence-corrected chi connectivity index (χ4v) is 3.07. The van der Waals surface area contributed by atoms with Crippen molar-refractivity contribution < 1.29 is 9.53 Å². The van der Waals surface area contributed by atoms with E-state index in [-0.39, 0.29) is 11.8 Å². The van der Waals surface area contributed by atoms with Crippen LogP contribution in [-0.2, 0) is 4.79 Å². The van der Waals surface area contributed by atoms with Crippen LogP contribution in [0.4, 0.5) is 5.69 Å². The molecule has 0 bridgehead atoms. The molecular formula is C16H21NO2. The molecule has 3 rings (SSSR count). The Morgan fingerprint density at radius 3 is 2.89 bits per heavy atom. The summed E-state index contributed by atoms with van der Waals surface area (Å²) in [7, 11) is 0. The van der Waals surface area contributed by atoms with Crippen molar-refractivity contribution in [2.75, 3.05) is 5.32 Å². The fraction of sp³-hybridized carbons (Fsp3) is 0.562. The lowest BCUT2D eigenvalue weighted by Gasteiger charge is -2.23. The van der Waals surface area contributed by atoms with Gasteiger partial charge >= 0.3 is 0 Å². The molecule has 1 heterocycles. The largest absolute Gasteiger partial charge is 0.489 e. The van der Waals surface area contributed by atoms with Crippen molar-refractivity contribution in [2.45, 2.75) is 51.6 Å². The van der Waals surface area contributed by atoms with E-state index in [1.165, 1.54) is 24.8 Å². The first-order chi connectivity index (χ1) is 9.15. The summed E-state index contributed by atoms with van der Waals surface area (Å²) in [6, 6.07) is 6.05. The van der Waals surface area contributed by atoms with E-state index in [4.69, 9.17) is 4.74 Å². The van der Waals surface area contributed by atoms with Crippen molar-refractivity contribution in [3.8, 4) is 5.75 Å². The van der Waals surface area contributed by atoms with Crippen LogP contribution in [0.1, 0.15) is 51.0 Å². The van der Waals surface area contributed by atoms with Gasteiger partial charge in [-0.25, -0.2) is 0 Å². The van der Waals surface area contributed by atoms with Crippen LogP contribution >= 0.6 is 0 Å². The topological polar surface area (TPSA) is 38.3 Å². The average molecular weight is 259 g/mol. The maximum Gasteiger partial charge on any atom is 0.226 e. The van der Waals surface area contributed by atoms with Crippen LogP contribution < -0.4 is 10.1 Å². The molecule has 0 aromatic heterocycles. The highest BCUT2D eigenvalue weighted by atomic mass is 16.5. The summed E-state index contributed by atoms with van der Waals surface area (Å²) >= 11 is 0. The molecule has 1 amide bonds. The molecule has 3 nitrogen and oxygen atoms in total. The molecule has 0 radical (unpaired) electrons. The van der Waals surface area contributed by atoms with E-state index in [0.717, 1.165) is 17.9 Å². The van der Waals surface area contributed by atoms with Crippen molar-refractivity contribution in [3.05, 3.63) is 23.8 Å². The summed E-state index contributed by atoms with van der Waals surface area (Å²) in [6.45, 7) is 3.81. The van der Waals surface area contributed by atoms with Crippen molar-refractivity contribution >= 4 is 11.6 Å². The third-order valence-electron chi connectivity index (χ3n) is 4.18. The van der Waals surface area contributed by atoms with Crippen LogP contribution in [0.25, 0.3) is 0 Å². The number of amides is 1. The number of anilines is 1. The average Bonchev–Trinajstić information content (AvgIpc) is 2.76. The first-order valence-electron chi connectivity index (χ1n) is 7.26. The lowest BCUT2D eigenvalue weighted by atomic mass is 9.83. The molecule has 1 N–H and O–H groups in total. The lowest BCUT2D eigenvalue weighted by molar-refractivity contribution is -0.118. The Balaban J connectivity index is 1.82. The molecule has 1 saturated carbocycles. The van der Waals surface area contributed by atoms with Crippen LogP contribution in [-0.4, -0.2) is 12.0 Å². The molecule has 2 unspecified atom stereocenters. The molecule has 1 aromatic carbocycles. The number of benzene rings is 1. The minimum atomic E-state index is 0.00642. The summed E-state index contributed by atoms with van der Waals surface area (Å²) in [6.07, 6.45) is 5.28. The van der Waals surface area contributed by atoms with Gasteiger partial charge in [0.1, 0.15) is 11.9 Å². The van der Waals surface area contributed by atoms with Gasteiger partial charge in [-0.15, -0.1) is 0 Å². The predicted octanol–water partition coefficient (Wildman–Crippen LogP) is 3.70. The Morgan fingerprint density at radius 2 is 2.11 bits per heavy atom. The van der Waals surface area contributed by atoms with Crippen molar-refractivity contribution in [1.29, 1.82) is 0 Å². The molecule has 19 heavy (non-hydrogen) atoms. The Kier molecular flexibility index (Phi) is 3.21. The number of nitrogens with one attached hydrogen (secondary N) is 1. The number of fused-ring (bicyclic) bond motifs is 3. The Bertz CT molecular complexity index is 496. The standard InChI is InChI=1S/C16H21NO2/c1-10(2)16(18)17-11-7-8-15-13(9-11)12-5-3-4-6-14(12)19-15/h7-10,12,14H,3-6H2,1-2H3,(H,17,18). The van der Waals surface area contributed by atoms with Gasteiger partial charge in [-0.05, 0) is 37.5 Å². The van der Waals surface area contributed by atoms with Crippen molar-refractivity contribution in [1.82, 2.24) is 0 Å². The molecule has 1 fully saturated rings. The second-order valence-corrected chi connectivity index (χ2v) is 5.94. The number of carbonyl (C=O) groups excluding carboxylic acids is 1. The molecule has 1 aromatic rings. The Hall–Kier alpha value is -1.51. The molecule has 2 atom stereocenters. The number of carbonyl (C=O) groups is 1. The first kappa shape index (κ1) is 12.5. The number of hydrogen-bond acceptors (Lipinski definition) is 2. The number of hydrogen-bond donors (Lipinski definition) is 1. The smallest absolute Gasteiger partial charge is 0.226 e. The van der Waals surface area contributed by atoms with Gasteiger partial charge in [0.15, 0.2) is 0 Å². The summed E-state index contributed by atoms with van der Waals surface area (Å²) < 4.78 is 6.01. The van der Waals surface area contributed by atoms with Gasteiger partial charge in [0.25, 0.3) is 0 Å². The minimum absolute atomic E-state index is 0.00642. The van der Waals surface area contributed by atoms with Gasteiger partial charge in [0.2, 0.25) is 5.91 Å². The third kappa shape index (κ3) is 2.34. The predicted molar refractivity (Wildman–Crippen MR) is 75.5 cm³/mol. The highest BCUT2D eigenvalue weighted by Crippen LogP contribution is 2.46. The second kappa shape index (κ2) is 4.87. The Morgan fingerprint density at radius 1 is 1.32 bits per heavy atom. The van der Waals surface area contributed by atoms with E-state index in [1.54, 1.807) is 0 Å². The zero-order chi connectivity index (χ0) is 13.4. The SMILES string of the molecule is CC(C)C(=O)Nc1ccc2c(c1)C1CCCCC1O2. The first-order valence-corrected chi connectivity index (χ1v) is 7.26. The normalized spacial score (nSPS) is 24.6. The van der Waals surface area contributed by atoms with E-state index in [2.05, 4.69) is 11.4 Å². The maximum absolute atomic E-state index is 11.8. The lowest BCUT2D eigenvalue weighted by Crippen LogP contribution is -2.22. The maximum atomic E-state index is 11.8. The molecular weight excluding hydrogens is 238 g/mol. The van der Waals surface area contributed by atoms with Gasteiger partial charge in [0.05, 0.1) is 0 Å². The van der Waals surface area contributed by atoms with E-state index >= 15 is 0 Å². The van der Waals surface area contributed by atoms with Gasteiger partial charge in [-0.2, -0.15) is 0 Å². The van der Waals surface area contributed by atoms with Crippen LogP contribution in [0.15, 0.2) is 18.2 Å². The third-order valence-corrected chi connectivity index (χ3v) is 4.18. The van der Waals surface area contributed by atoms with Crippen LogP contribution in [0, 0.1) is 5.92 Å². The van der Waals surface area contributed by atoms with Crippen LogP contribution in [0.3, 0.4) is 0 Å². The molecule has 102 valence electrons. The quantitative estimate of drug-likeness (QED) is 0.879. The zero-order valence-electron chi connectivity index (χ0n) is 11.6. The Labute approximate surface area is 114 Å². The fourth-order valence-electron chi connectivity index (χ4n) is 3.07. The van der Waals surface area contributed by atoms with Crippen LogP contribution in [0.5, 0.6) is 5.75 Å². The minimum Gasteiger partial charge on any atom is -0.489 e. The molecule has 0 saturated heterocycles. The van der Waals surface area contributed by atoms with Gasteiger partial charge < -0.3 is 10.1 Å². The molecule has 0 spiro atoms. The molecule has 3 heteroatoms. The highest BCUT2D eigenvalue weighted by Gasteiger charge is 2.36. The zero-order valence-corrected chi connectivity index (χ0v) is 11.6. The molecule has 2 aliphatic rings. The van der Waals surface area contributed by atoms with Gasteiger partial charge in [-0.3, -0.25) is 4.79 Å². The van der Waals surface area contributed by atoms with Crippen molar-refractivity contribution in [3.63, 3.8) is 0 Å². The summed E-state index contributed by atoms with van der Waals surface area (Å²) in [5, 5.41) is 2.97. The number of rotatable bonds is 2. The van der Waals surface area contributed by atoms with E-state index in [0.29, 0.717) is 12.0 Å². The van der Waals surface area contributed by atoms with E-state index in [9.17, 15) is 4.79 Å². The molecule has 1 aliphatic heterocycles. The summed E-state index contributed by atoms with van der Waals surface area (Å²) in [5.74, 6) is 1.62. The molecule has 1 aliphatic carbocycles. The van der Waals surface area contributed by atoms with Gasteiger partial charge in [0, 0.05) is 23.1 Å². The summed E-state index contributed by atoms with van der Waals surface area (Å²) in [4.78, 5) is 11.8. The summed E-state index contributed by atoms with van der Waals surface area (Å²) in [5.41, 5.74) is 2.18. The second-order valence-electron chi connectivity index (χ2n) is 5.94. The number of ether oxygens (including phenoxy) is 1. The van der Waals surface area contributed by atoms with Crippen LogP contribution in [0.2, 0.25) is 0 Å². The van der Waals surface area contributed by atoms with E-state index in [1.807, 2.05) is 26.0 Å².